The smallest absolute Gasteiger partial charge is 0.334 e. The lowest BCUT2D eigenvalue weighted by Crippen LogP contribution is -2.43. The molecule has 164 valence electrons. The molecule has 30 heavy (non-hydrogen) atoms. The summed E-state index contributed by atoms with van der Waals surface area (Å²) in [6, 6.07) is 4.40. The van der Waals surface area contributed by atoms with Crippen LogP contribution < -0.4 is 5.32 Å². The number of aromatic nitrogens is 2. The van der Waals surface area contributed by atoms with Crippen LogP contribution in [-0.2, 0) is 21.0 Å². The Balaban J connectivity index is 1.72. The fraction of sp³-hybridized carbons (Fsp3) is 0.474. The highest BCUT2D eigenvalue weighted by molar-refractivity contribution is 7.89. The number of benzene rings is 1. The van der Waals surface area contributed by atoms with E-state index in [1.54, 1.807) is 4.57 Å². The van der Waals surface area contributed by atoms with Crippen LogP contribution in [0.4, 0.5) is 18.9 Å². The van der Waals surface area contributed by atoms with Gasteiger partial charge in [0.15, 0.2) is 5.03 Å². The number of piperidine rings is 1. The molecule has 1 aromatic heterocycles. The molecule has 1 aromatic carbocycles. The molecule has 0 saturated carbocycles. The van der Waals surface area contributed by atoms with Gasteiger partial charge in [-0.1, -0.05) is 6.07 Å². The third kappa shape index (κ3) is 4.84. The predicted molar refractivity (Wildman–Crippen MR) is 104 cm³/mol. The quantitative estimate of drug-likeness (QED) is 0.765. The first-order valence-electron chi connectivity index (χ1n) is 9.50. The van der Waals surface area contributed by atoms with Crippen LogP contribution in [0.5, 0.6) is 0 Å². The van der Waals surface area contributed by atoms with Gasteiger partial charge in [0.1, 0.15) is 0 Å². The number of alkyl halides is 3. The van der Waals surface area contributed by atoms with Gasteiger partial charge in [0.2, 0.25) is 5.91 Å². The van der Waals surface area contributed by atoms with Gasteiger partial charge in [0.05, 0.1) is 17.8 Å². The second kappa shape index (κ2) is 8.38. The number of carbonyl (C=O) groups excluding carboxylic acids is 1. The lowest BCUT2D eigenvalue weighted by molar-refractivity contribution is -0.137. The topological polar surface area (TPSA) is 84.3 Å². The standard InChI is InChI=1S/C19H23F3N4O3S/c1-13(2)25-11-17(23-12-25)30(28,29)26-8-4-5-14(10-26)18(27)24-16-7-3-6-15(9-16)19(20,21)22/h3,6-7,9,11-14H,4-5,8,10H2,1-2H3,(H,24,27)/t14-/m0/s1. The Morgan fingerprint density at radius 1 is 1.30 bits per heavy atom. The van der Waals surface area contributed by atoms with E-state index in [0.717, 1.165) is 12.1 Å². The molecule has 0 aliphatic carbocycles. The van der Waals surface area contributed by atoms with Crippen molar-refractivity contribution in [2.24, 2.45) is 5.92 Å². The van der Waals surface area contributed by atoms with E-state index in [4.69, 9.17) is 0 Å². The Hall–Kier alpha value is -2.40. The van der Waals surface area contributed by atoms with Crippen molar-refractivity contribution < 1.29 is 26.4 Å². The fourth-order valence-corrected chi connectivity index (χ4v) is 4.70. The van der Waals surface area contributed by atoms with E-state index in [9.17, 15) is 26.4 Å². The number of hydrogen-bond acceptors (Lipinski definition) is 4. The van der Waals surface area contributed by atoms with Gasteiger partial charge in [0.25, 0.3) is 10.0 Å². The molecule has 0 unspecified atom stereocenters. The zero-order chi connectivity index (χ0) is 22.1. The number of nitrogens with one attached hydrogen (secondary N) is 1. The number of anilines is 1. The monoisotopic (exact) mass is 444 g/mol. The fourth-order valence-electron chi connectivity index (χ4n) is 3.26. The van der Waals surface area contributed by atoms with Crippen LogP contribution in [-0.4, -0.2) is 41.3 Å². The largest absolute Gasteiger partial charge is 0.416 e. The van der Waals surface area contributed by atoms with Crippen LogP contribution >= 0.6 is 0 Å². The second-order valence-electron chi connectivity index (χ2n) is 7.52. The van der Waals surface area contributed by atoms with Crippen LogP contribution in [0.2, 0.25) is 0 Å². The Morgan fingerprint density at radius 2 is 2.03 bits per heavy atom. The Bertz CT molecular complexity index is 1020. The van der Waals surface area contributed by atoms with Gasteiger partial charge in [-0.3, -0.25) is 4.79 Å². The molecule has 1 amide bonds. The molecule has 11 heteroatoms. The van der Waals surface area contributed by atoms with E-state index in [2.05, 4.69) is 10.3 Å². The number of hydrogen-bond donors (Lipinski definition) is 1. The summed E-state index contributed by atoms with van der Waals surface area (Å²) in [6.07, 6.45) is -0.719. The molecule has 7 nitrogen and oxygen atoms in total. The first kappa shape index (κ1) is 22.3. The summed E-state index contributed by atoms with van der Waals surface area (Å²) in [7, 11) is -3.87. The van der Waals surface area contributed by atoms with Crippen LogP contribution in [0.25, 0.3) is 0 Å². The summed E-state index contributed by atoms with van der Waals surface area (Å²) in [6.45, 7) is 3.99. The summed E-state index contributed by atoms with van der Waals surface area (Å²) in [4.78, 5) is 16.6. The van der Waals surface area contributed by atoms with Crippen molar-refractivity contribution in [3.8, 4) is 0 Å². The van der Waals surface area contributed by atoms with E-state index in [1.807, 2.05) is 13.8 Å². The van der Waals surface area contributed by atoms with Crippen LogP contribution in [0.3, 0.4) is 0 Å². The van der Waals surface area contributed by atoms with Crippen LogP contribution in [0.1, 0.15) is 38.3 Å². The molecule has 1 aliphatic rings. The maximum absolute atomic E-state index is 12.9. The molecular formula is C19H23F3N4O3S. The van der Waals surface area contributed by atoms with Gasteiger partial charge in [-0.05, 0) is 44.9 Å². The number of carbonyl (C=O) groups is 1. The number of halogens is 3. The van der Waals surface area contributed by atoms with Crippen molar-refractivity contribution in [3.63, 3.8) is 0 Å². The number of imidazole rings is 1. The molecule has 0 spiro atoms. The first-order chi connectivity index (χ1) is 14.0. The van der Waals surface area contributed by atoms with Crippen molar-refractivity contribution in [2.45, 2.75) is 43.9 Å². The minimum absolute atomic E-state index is 0.0190. The third-order valence-electron chi connectivity index (χ3n) is 4.99. The van der Waals surface area contributed by atoms with Crippen molar-refractivity contribution in [3.05, 3.63) is 42.4 Å². The van der Waals surface area contributed by atoms with Gasteiger partial charge in [-0.2, -0.15) is 17.5 Å². The van der Waals surface area contributed by atoms with Crippen molar-refractivity contribution in [1.82, 2.24) is 13.9 Å². The van der Waals surface area contributed by atoms with Crippen LogP contribution in [0.15, 0.2) is 41.8 Å². The van der Waals surface area contributed by atoms with Gasteiger partial charge in [-0.15, -0.1) is 0 Å². The first-order valence-corrected chi connectivity index (χ1v) is 10.9. The molecule has 0 bridgehead atoms. The SMILES string of the molecule is CC(C)n1cnc(S(=O)(=O)N2CCC[C@H](C(=O)Nc3cccc(C(F)(F)F)c3)C2)c1. The van der Waals surface area contributed by atoms with Crippen molar-refractivity contribution in [1.29, 1.82) is 0 Å². The van der Waals surface area contributed by atoms with Crippen LogP contribution in [0, 0.1) is 5.92 Å². The van der Waals surface area contributed by atoms with E-state index in [-0.39, 0.29) is 29.8 Å². The summed E-state index contributed by atoms with van der Waals surface area (Å²) in [5.41, 5.74) is -0.848. The Kier molecular flexibility index (Phi) is 6.23. The zero-order valence-corrected chi connectivity index (χ0v) is 17.4. The molecule has 1 aliphatic heterocycles. The highest BCUT2D eigenvalue weighted by Gasteiger charge is 2.35. The average Bonchev–Trinajstić information content (AvgIpc) is 3.19. The molecule has 3 rings (SSSR count). The van der Waals surface area contributed by atoms with Gasteiger partial charge < -0.3 is 9.88 Å². The van der Waals surface area contributed by atoms with E-state index >= 15 is 0 Å². The molecule has 1 fully saturated rings. The third-order valence-corrected chi connectivity index (χ3v) is 6.74. The average molecular weight is 444 g/mol. The summed E-state index contributed by atoms with van der Waals surface area (Å²) in [5.74, 6) is -1.18. The van der Waals surface area contributed by atoms with Gasteiger partial charge in [-0.25, -0.2) is 13.4 Å². The number of sulfonamides is 1. The second-order valence-corrected chi connectivity index (χ2v) is 9.41. The van der Waals surface area contributed by atoms with E-state index in [0.29, 0.717) is 12.8 Å². The number of amides is 1. The minimum Gasteiger partial charge on any atom is -0.334 e. The molecular weight excluding hydrogens is 421 g/mol. The minimum atomic E-state index is -4.52. The van der Waals surface area contributed by atoms with Gasteiger partial charge >= 0.3 is 6.18 Å². The molecule has 1 atom stereocenters. The van der Waals surface area contributed by atoms with E-state index in [1.165, 1.54) is 29.0 Å². The summed E-state index contributed by atoms with van der Waals surface area (Å²) in [5, 5.41) is 2.39. The van der Waals surface area contributed by atoms with E-state index < -0.39 is 33.6 Å². The maximum atomic E-state index is 12.9. The Morgan fingerprint density at radius 3 is 2.67 bits per heavy atom. The maximum Gasteiger partial charge on any atom is 0.416 e. The van der Waals surface area contributed by atoms with Crippen molar-refractivity contribution in [2.75, 3.05) is 18.4 Å². The highest BCUT2D eigenvalue weighted by Crippen LogP contribution is 2.31. The molecule has 1 saturated heterocycles. The summed E-state index contributed by atoms with van der Waals surface area (Å²) >= 11 is 0. The molecule has 2 heterocycles. The van der Waals surface area contributed by atoms with Gasteiger partial charge in [0, 0.05) is 31.0 Å². The predicted octanol–water partition coefficient (Wildman–Crippen LogP) is 3.52. The molecule has 2 aromatic rings. The molecule has 0 radical (unpaired) electrons. The lowest BCUT2D eigenvalue weighted by atomic mass is 9.98. The Labute approximate surface area is 172 Å². The number of rotatable bonds is 5. The van der Waals surface area contributed by atoms with Crippen molar-refractivity contribution >= 4 is 21.6 Å². The lowest BCUT2D eigenvalue weighted by Gasteiger charge is -2.30. The zero-order valence-electron chi connectivity index (χ0n) is 16.6. The number of nitrogens with zero attached hydrogens (tertiary/aromatic N) is 3. The molecule has 1 N–H and O–H groups in total. The highest BCUT2D eigenvalue weighted by atomic mass is 32.2. The normalized spacial score (nSPS) is 18.5. The summed E-state index contributed by atoms with van der Waals surface area (Å²) < 4.78 is 67.3.